The third-order valence-corrected chi connectivity index (χ3v) is 5.04. The molecule has 1 aliphatic rings. The van der Waals surface area contributed by atoms with E-state index in [1.54, 1.807) is 0 Å². The van der Waals surface area contributed by atoms with Gasteiger partial charge in [0, 0.05) is 48.4 Å². The van der Waals surface area contributed by atoms with Crippen molar-refractivity contribution >= 4 is 28.7 Å². The van der Waals surface area contributed by atoms with Crippen LogP contribution in [0.15, 0.2) is 30.5 Å². The van der Waals surface area contributed by atoms with E-state index in [-0.39, 0.29) is 24.7 Å². The van der Waals surface area contributed by atoms with Gasteiger partial charge in [0.1, 0.15) is 0 Å². The summed E-state index contributed by atoms with van der Waals surface area (Å²) in [5.74, 6) is -1.07. The predicted octanol–water partition coefficient (Wildman–Crippen LogP) is 2.08. The first-order valence-electron chi connectivity index (χ1n) is 8.82. The molecule has 138 valence electrons. The lowest BCUT2D eigenvalue weighted by Gasteiger charge is -2.28. The predicted molar refractivity (Wildman–Crippen MR) is 96.4 cm³/mol. The van der Waals surface area contributed by atoms with E-state index in [0.29, 0.717) is 32.2 Å². The van der Waals surface area contributed by atoms with Crippen LogP contribution in [-0.2, 0) is 20.9 Å². The number of benzene rings is 1. The normalized spacial score (nSPS) is 19.5. The van der Waals surface area contributed by atoms with Gasteiger partial charge in [0.15, 0.2) is 0 Å². The molecule has 2 heterocycles. The summed E-state index contributed by atoms with van der Waals surface area (Å²) >= 11 is 0. The second-order valence-electron chi connectivity index (χ2n) is 6.86. The van der Waals surface area contributed by atoms with Crippen molar-refractivity contribution in [2.75, 3.05) is 0 Å². The first kappa shape index (κ1) is 18.0. The molecule has 0 radical (unpaired) electrons. The van der Waals surface area contributed by atoms with Gasteiger partial charge in [-0.3, -0.25) is 14.4 Å². The molecule has 1 aromatic heterocycles. The van der Waals surface area contributed by atoms with E-state index in [1.807, 2.05) is 30.5 Å². The number of carbonyl (C=O) groups excluding carboxylic acids is 2. The lowest BCUT2D eigenvalue weighted by Crippen LogP contribution is -2.43. The fourth-order valence-electron chi connectivity index (χ4n) is 3.56. The number of aromatic nitrogens is 1. The fourth-order valence-corrected chi connectivity index (χ4v) is 3.56. The van der Waals surface area contributed by atoms with Crippen LogP contribution in [0.2, 0.25) is 0 Å². The Labute approximate surface area is 151 Å². The van der Waals surface area contributed by atoms with E-state index < -0.39 is 11.5 Å². The third kappa shape index (κ3) is 4.22. The van der Waals surface area contributed by atoms with Crippen LogP contribution in [0.3, 0.4) is 0 Å². The quantitative estimate of drug-likeness (QED) is 0.579. The molecule has 1 fully saturated rings. The number of hydrogen-bond acceptors (Lipinski definition) is 3. The Kier molecular flexibility index (Phi) is 5.25. The van der Waals surface area contributed by atoms with Crippen LogP contribution >= 0.6 is 0 Å². The number of rotatable bonds is 8. The van der Waals surface area contributed by atoms with Crippen molar-refractivity contribution in [1.82, 2.24) is 15.6 Å². The van der Waals surface area contributed by atoms with E-state index in [2.05, 4.69) is 15.6 Å². The number of hydrogen-bond donors (Lipinski definition) is 4. The van der Waals surface area contributed by atoms with Crippen LogP contribution in [0.1, 0.15) is 44.1 Å². The summed E-state index contributed by atoms with van der Waals surface area (Å²) in [5.41, 5.74) is 1.48. The molecule has 1 atom stereocenters. The Bertz CT molecular complexity index is 829. The lowest BCUT2D eigenvalue weighted by molar-refractivity contribution is -0.137. The summed E-state index contributed by atoms with van der Waals surface area (Å²) in [4.78, 5) is 37.9. The van der Waals surface area contributed by atoms with Gasteiger partial charge in [0.05, 0.1) is 0 Å². The molecule has 1 aliphatic heterocycles. The number of carboxylic acid groups (broad SMARTS) is 1. The van der Waals surface area contributed by atoms with E-state index >= 15 is 0 Å². The minimum absolute atomic E-state index is 0.0165. The Morgan fingerprint density at radius 1 is 1.19 bits per heavy atom. The van der Waals surface area contributed by atoms with Crippen molar-refractivity contribution in [2.45, 2.75) is 50.6 Å². The summed E-state index contributed by atoms with van der Waals surface area (Å²) in [6, 6.07) is 7.87. The molecule has 2 aromatic rings. The average molecular weight is 357 g/mol. The lowest BCUT2D eigenvalue weighted by atomic mass is 9.86. The van der Waals surface area contributed by atoms with Crippen molar-refractivity contribution in [1.29, 1.82) is 0 Å². The van der Waals surface area contributed by atoms with Gasteiger partial charge in [-0.05, 0) is 37.0 Å². The highest BCUT2D eigenvalue weighted by molar-refractivity contribution is 5.84. The minimum atomic E-state index is -0.894. The summed E-state index contributed by atoms with van der Waals surface area (Å²) in [7, 11) is 0. The zero-order valence-electron chi connectivity index (χ0n) is 14.5. The topological polar surface area (TPSA) is 111 Å². The van der Waals surface area contributed by atoms with Gasteiger partial charge < -0.3 is 20.7 Å². The van der Waals surface area contributed by atoms with Gasteiger partial charge in [-0.1, -0.05) is 12.1 Å². The molecular formula is C19H23N3O4. The van der Waals surface area contributed by atoms with Crippen molar-refractivity contribution in [3.05, 3.63) is 36.0 Å². The first-order valence-corrected chi connectivity index (χ1v) is 8.82. The highest BCUT2D eigenvalue weighted by atomic mass is 16.4. The number of aromatic amines is 1. The maximum absolute atomic E-state index is 12.3. The maximum Gasteiger partial charge on any atom is 0.303 e. The van der Waals surface area contributed by atoms with Gasteiger partial charge >= 0.3 is 5.97 Å². The molecule has 1 saturated heterocycles. The smallest absolute Gasteiger partial charge is 0.303 e. The summed E-state index contributed by atoms with van der Waals surface area (Å²) in [5, 5.41) is 15.8. The number of carboxylic acids is 1. The molecule has 0 bridgehead atoms. The zero-order chi connectivity index (χ0) is 18.6. The van der Waals surface area contributed by atoms with Crippen LogP contribution in [-0.4, -0.2) is 33.4 Å². The summed E-state index contributed by atoms with van der Waals surface area (Å²) in [6.45, 7) is 0.433. The van der Waals surface area contributed by atoms with Gasteiger partial charge in [-0.15, -0.1) is 0 Å². The molecule has 2 amide bonds. The molecule has 0 aliphatic carbocycles. The zero-order valence-corrected chi connectivity index (χ0v) is 14.5. The molecule has 0 saturated carbocycles. The van der Waals surface area contributed by atoms with Crippen LogP contribution < -0.4 is 10.6 Å². The van der Waals surface area contributed by atoms with Crippen molar-refractivity contribution in [2.24, 2.45) is 0 Å². The average Bonchev–Trinajstić information content (AvgIpc) is 3.24. The highest BCUT2D eigenvalue weighted by Gasteiger charge is 2.37. The van der Waals surface area contributed by atoms with Gasteiger partial charge in [-0.2, -0.15) is 0 Å². The molecule has 7 nitrogen and oxygen atoms in total. The third-order valence-electron chi connectivity index (χ3n) is 5.04. The van der Waals surface area contributed by atoms with E-state index in [0.717, 1.165) is 16.5 Å². The van der Waals surface area contributed by atoms with E-state index in [9.17, 15) is 14.4 Å². The minimum Gasteiger partial charge on any atom is -0.481 e. The molecule has 0 spiro atoms. The monoisotopic (exact) mass is 357 g/mol. The standard InChI is InChI=1S/C19H23N3O4/c23-16(21-12-13-2-1-3-15-14(13)7-11-20-15)4-8-19(10-6-18(25)26)9-5-17(24)22-19/h1-3,7,11,20H,4-6,8-10,12H2,(H,21,23)(H,22,24)(H,25,26)/t19-/m0/s1. The van der Waals surface area contributed by atoms with E-state index in [4.69, 9.17) is 5.11 Å². The number of H-pyrrole nitrogens is 1. The molecule has 1 aromatic carbocycles. The number of carbonyl (C=O) groups is 3. The van der Waals surface area contributed by atoms with Crippen molar-refractivity contribution < 1.29 is 19.5 Å². The van der Waals surface area contributed by atoms with Gasteiger partial charge in [-0.25, -0.2) is 0 Å². The second-order valence-corrected chi connectivity index (χ2v) is 6.86. The number of nitrogens with one attached hydrogen (secondary N) is 3. The van der Waals surface area contributed by atoms with E-state index in [1.165, 1.54) is 0 Å². The Morgan fingerprint density at radius 2 is 2.00 bits per heavy atom. The second kappa shape index (κ2) is 7.59. The van der Waals surface area contributed by atoms with Gasteiger partial charge in [0.25, 0.3) is 0 Å². The van der Waals surface area contributed by atoms with Crippen LogP contribution in [0.4, 0.5) is 0 Å². The highest BCUT2D eigenvalue weighted by Crippen LogP contribution is 2.30. The molecule has 3 rings (SSSR count). The number of amides is 2. The fraction of sp³-hybridized carbons (Fsp3) is 0.421. The molecule has 7 heteroatoms. The van der Waals surface area contributed by atoms with Gasteiger partial charge in [0.2, 0.25) is 11.8 Å². The number of fused-ring (bicyclic) bond motifs is 1. The molecule has 0 unspecified atom stereocenters. The summed E-state index contributed by atoms with van der Waals surface area (Å²) in [6.07, 6.45) is 3.87. The Hall–Kier alpha value is -2.83. The molecule has 4 N–H and O–H groups in total. The first-order chi connectivity index (χ1) is 12.5. The summed E-state index contributed by atoms with van der Waals surface area (Å²) < 4.78 is 0. The molecular weight excluding hydrogens is 334 g/mol. The molecule has 26 heavy (non-hydrogen) atoms. The van der Waals surface area contributed by atoms with Crippen LogP contribution in [0, 0.1) is 0 Å². The van der Waals surface area contributed by atoms with Crippen LogP contribution in [0.5, 0.6) is 0 Å². The Balaban J connectivity index is 1.54. The van der Waals surface area contributed by atoms with Crippen molar-refractivity contribution in [3.8, 4) is 0 Å². The Morgan fingerprint density at radius 3 is 2.73 bits per heavy atom. The van der Waals surface area contributed by atoms with Crippen LogP contribution in [0.25, 0.3) is 10.9 Å². The largest absolute Gasteiger partial charge is 0.481 e. The van der Waals surface area contributed by atoms with Crippen molar-refractivity contribution in [3.63, 3.8) is 0 Å². The SMILES string of the molecule is O=C(O)CC[C@]1(CCC(=O)NCc2cccc3[nH]ccc23)CCC(=O)N1. The number of aliphatic carboxylic acids is 1. The maximum atomic E-state index is 12.3.